The molecule has 25 heavy (non-hydrogen) atoms. The summed E-state index contributed by atoms with van der Waals surface area (Å²) in [6.07, 6.45) is 14.2. The lowest BCUT2D eigenvalue weighted by atomic mass is 9.85. The molecule has 3 rings (SSSR count). The molecule has 1 N–H and O–H groups in total. The lowest BCUT2D eigenvalue weighted by Crippen LogP contribution is -2.11. The van der Waals surface area contributed by atoms with Gasteiger partial charge in [0.2, 0.25) is 0 Å². The molecule has 2 aromatic rings. The summed E-state index contributed by atoms with van der Waals surface area (Å²) < 4.78 is 0. The maximum Gasteiger partial charge on any atom is 0.345 e. The summed E-state index contributed by atoms with van der Waals surface area (Å²) >= 11 is 1.41. The third kappa shape index (κ3) is 4.79. The van der Waals surface area contributed by atoms with Crippen molar-refractivity contribution in [3.63, 3.8) is 0 Å². The van der Waals surface area contributed by atoms with E-state index in [1.54, 1.807) is 12.3 Å². The SMILES string of the molecule is CC1CC[C@H](/C=C/c2cccnc2)[C@H]1CCCc1ccc(C(=O)O)s1. The van der Waals surface area contributed by atoms with Crippen LogP contribution in [0.4, 0.5) is 0 Å². The van der Waals surface area contributed by atoms with E-state index in [0.717, 1.165) is 24.7 Å². The van der Waals surface area contributed by atoms with E-state index >= 15 is 0 Å². The van der Waals surface area contributed by atoms with Crippen molar-refractivity contribution < 1.29 is 9.90 Å². The molecule has 0 aromatic carbocycles. The lowest BCUT2D eigenvalue weighted by molar-refractivity contribution is 0.0702. The second kappa shape index (κ2) is 8.43. The van der Waals surface area contributed by atoms with Crippen LogP contribution in [0.1, 0.15) is 52.7 Å². The summed E-state index contributed by atoms with van der Waals surface area (Å²) in [5, 5.41) is 9.02. The van der Waals surface area contributed by atoms with E-state index in [0.29, 0.717) is 10.8 Å². The second-order valence-electron chi connectivity index (χ2n) is 6.99. The lowest BCUT2D eigenvalue weighted by Gasteiger charge is -2.20. The molecule has 1 fully saturated rings. The Morgan fingerprint density at radius 3 is 2.96 bits per heavy atom. The highest BCUT2D eigenvalue weighted by atomic mass is 32.1. The summed E-state index contributed by atoms with van der Waals surface area (Å²) in [6, 6.07) is 7.75. The van der Waals surface area contributed by atoms with Gasteiger partial charge in [-0.15, -0.1) is 11.3 Å². The summed E-state index contributed by atoms with van der Waals surface area (Å²) in [5.74, 6) is 1.32. The van der Waals surface area contributed by atoms with Crippen molar-refractivity contribution in [3.05, 3.63) is 58.1 Å². The van der Waals surface area contributed by atoms with Crippen LogP contribution in [0, 0.1) is 17.8 Å². The van der Waals surface area contributed by atoms with Gasteiger partial charge in [0.15, 0.2) is 0 Å². The van der Waals surface area contributed by atoms with Crippen LogP contribution in [-0.2, 0) is 6.42 Å². The molecule has 3 nitrogen and oxygen atoms in total. The summed E-state index contributed by atoms with van der Waals surface area (Å²) in [5.41, 5.74) is 1.17. The van der Waals surface area contributed by atoms with Gasteiger partial charge in [0, 0.05) is 17.3 Å². The van der Waals surface area contributed by atoms with E-state index in [4.69, 9.17) is 5.11 Å². The van der Waals surface area contributed by atoms with Crippen LogP contribution >= 0.6 is 11.3 Å². The summed E-state index contributed by atoms with van der Waals surface area (Å²) in [6.45, 7) is 2.37. The Labute approximate surface area is 153 Å². The Morgan fingerprint density at radius 2 is 2.24 bits per heavy atom. The summed E-state index contributed by atoms with van der Waals surface area (Å²) in [4.78, 5) is 16.8. The number of pyridine rings is 1. The third-order valence-electron chi connectivity index (χ3n) is 5.29. The molecule has 1 unspecified atom stereocenters. The highest BCUT2D eigenvalue weighted by Gasteiger charge is 2.31. The van der Waals surface area contributed by atoms with Crippen molar-refractivity contribution >= 4 is 23.4 Å². The average Bonchev–Trinajstić information content (AvgIpc) is 3.22. The van der Waals surface area contributed by atoms with Crippen LogP contribution in [0.15, 0.2) is 42.7 Å². The molecule has 4 heteroatoms. The molecule has 1 saturated carbocycles. The van der Waals surface area contributed by atoms with Crippen LogP contribution in [-0.4, -0.2) is 16.1 Å². The molecule has 0 radical (unpaired) electrons. The molecule has 132 valence electrons. The number of carbonyl (C=O) groups is 1. The third-order valence-corrected chi connectivity index (χ3v) is 6.42. The zero-order valence-electron chi connectivity index (χ0n) is 14.6. The minimum atomic E-state index is -0.818. The second-order valence-corrected chi connectivity index (χ2v) is 8.16. The van der Waals surface area contributed by atoms with Crippen LogP contribution in [0.3, 0.4) is 0 Å². The first-order valence-electron chi connectivity index (χ1n) is 9.03. The first-order chi connectivity index (χ1) is 12.1. The van der Waals surface area contributed by atoms with E-state index in [1.165, 1.54) is 41.0 Å². The molecule has 2 heterocycles. The molecular formula is C21H25NO2S. The minimum Gasteiger partial charge on any atom is -0.477 e. The molecule has 0 amide bonds. The quantitative estimate of drug-likeness (QED) is 0.709. The number of aryl methyl sites for hydroxylation is 1. The molecule has 1 aliphatic rings. The molecular weight excluding hydrogens is 330 g/mol. The number of aromatic carboxylic acids is 1. The van der Waals surface area contributed by atoms with Crippen molar-refractivity contribution in [2.75, 3.05) is 0 Å². The first kappa shape index (κ1) is 17.9. The maximum absolute atomic E-state index is 11.0. The van der Waals surface area contributed by atoms with Gasteiger partial charge in [-0.2, -0.15) is 0 Å². The number of nitrogens with zero attached hydrogens (tertiary/aromatic N) is 1. The summed E-state index contributed by atoms with van der Waals surface area (Å²) in [7, 11) is 0. The average molecular weight is 356 g/mol. The number of thiophene rings is 1. The van der Waals surface area contributed by atoms with Gasteiger partial charge in [0.05, 0.1) is 0 Å². The normalized spacial score (nSPS) is 23.3. The van der Waals surface area contributed by atoms with Gasteiger partial charge in [-0.05, 0) is 73.6 Å². The van der Waals surface area contributed by atoms with Crippen molar-refractivity contribution in [1.82, 2.24) is 4.98 Å². The molecule has 1 aliphatic carbocycles. The fourth-order valence-electron chi connectivity index (χ4n) is 3.89. The smallest absolute Gasteiger partial charge is 0.345 e. The number of carboxylic acid groups (broad SMARTS) is 1. The highest BCUT2D eigenvalue weighted by molar-refractivity contribution is 7.13. The fraction of sp³-hybridized carbons (Fsp3) is 0.429. The molecule has 3 atom stereocenters. The predicted molar refractivity (Wildman–Crippen MR) is 103 cm³/mol. The zero-order chi connectivity index (χ0) is 17.6. The predicted octanol–water partition coefficient (Wildman–Crippen LogP) is 5.54. The minimum absolute atomic E-state index is 0.446. The number of aromatic nitrogens is 1. The van der Waals surface area contributed by atoms with Crippen molar-refractivity contribution in [2.45, 2.75) is 39.0 Å². The van der Waals surface area contributed by atoms with E-state index in [-0.39, 0.29) is 0 Å². The van der Waals surface area contributed by atoms with E-state index in [9.17, 15) is 4.79 Å². The topological polar surface area (TPSA) is 50.2 Å². The van der Waals surface area contributed by atoms with E-state index < -0.39 is 5.97 Å². The van der Waals surface area contributed by atoms with Crippen LogP contribution < -0.4 is 0 Å². The number of hydrogen-bond donors (Lipinski definition) is 1. The zero-order valence-corrected chi connectivity index (χ0v) is 15.4. The van der Waals surface area contributed by atoms with E-state index in [1.807, 2.05) is 18.3 Å². The van der Waals surface area contributed by atoms with Gasteiger partial charge in [-0.25, -0.2) is 4.79 Å². The Morgan fingerprint density at radius 1 is 1.36 bits per heavy atom. The molecule has 2 aromatic heterocycles. The molecule has 0 aliphatic heterocycles. The largest absolute Gasteiger partial charge is 0.477 e. The first-order valence-corrected chi connectivity index (χ1v) is 9.85. The van der Waals surface area contributed by atoms with Crippen molar-refractivity contribution in [3.8, 4) is 0 Å². The number of carboxylic acids is 1. The Hall–Kier alpha value is -1.94. The van der Waals surface area contributed by atoms with Gasteiger partial charge in [-0.1, -0.05) is 25.1 Å². The fourth-order valence-corrected chi connectivity index (χ4v) is 4.78. The highest BCUT2D eigenvalue weighted by Crippen LogP contribution is 2.41. The van der Waals surface area contributed by atoms with E-state index in [2.05, 4.69) is 30.1 Å². The van der Waals surface area contributed by atoms with Gasteiger partial charge >= 0.3 is 5.97 Å². The Bertz CT molecular complexity index is 723. The number of hydrogen-bond acceptors (Lipinski definition) is 3. The van der Waals surface area contributed by atoms with Crippen molar-refractivity contribution in [1.29, 1.82) is 0 Å². The number of allylic oxidation sites excluding steroid dienone is 1. The van der Waals surface area contributed by atoms with Crippen LogP contribution in [0.25, 0.3) is 6.08 Å². The molecule has 0 spiro atoms. The van der Waals surface area contributed by atoms with Gasteiger partial charge in [-0.3, -0.25) is 4.98 Å². The van der Waals surface area contributed by atoms with Crippen LogP contribution in [0.2, 0.25) is 0 Å². The number of rotatable bonds is 7. The monoisotopic (exact) mass is 355 g/mol. The van der Waals surface area contributed by atoms with Gasteiger partial charge in [0.1, 0.15) is 4.88 Å². The van der Waals surface area contributed by atoms with Gasteiger partial charge < -0.3 is 5.11 Å². The Kier molecular flexibility index (Phi) is 6.03. The Balaban J connectivity index is 1.54. The maximum atomic E-state index is 11.0. The van der Waals surface area contributed by atoms with Crippen molar-refractivity contribution in [2.24, 2.45) is 17.8 Å². The van der Waals surface area contributed by atoms with Gasteiger partial charge in [0.25, 0.3) is 0 Å². The molecule has 0 saturated heterocycles. The molecule has 0 bridgehead atoms. The standard InChI is InChI=1S/C21H25NO2S/c1-15-7-9-17(10-8-16-4-3-13-22-14-16)19(15)6-2-5-18-11-12-20(25-18)21(23)24/h3-4,8,10-15,17,19H,2,5-7,9H2,1H3,(H,23,24)/b10-8+/t15?,17-,19+/m1/s1. The van der Waals surface area contributed by atoms with Crippen LogP contribution in [0.5, 0.6) is 0 Å².